The summed E-state index contributed by atoms with van der Waals surface area (Å²) in [6.45, 7) is 0. The Morgan fingerprint density at radius 2 is 1.25 bits per heavy atom. The van der Waals surface area contributed by atoms with E-state index in [2.05, 4.69) is 10.0 Å². The Labute approximate surface area is 182 Å². The fourth-order valence-electron chi connectivity index (χ4n) is 3.28. The third-order valence-electron chi connectivity index (χ3n) is 4.75. The predicted molar refractivity (Wildman–Crippen MR) is 116 cm³/mol. The molecular formula is C22H15N3O6S. The number of anilines is 1. The maximum atomic E-state index is 13.2. The zero-order valence-corrected chi connectivity index (χ0v) is 17.1. The Hall–Kier alpha value is -4.31. The number of hydrogen-bond acceptors (Lipinski definition) is 7. The van der Waals surface area contributed by atoms with Crippen LogP contribution < -0.4 is 10.0 Å². The van der Waals surface area contributed by atoms with Gasteiger partial charge in [-0.1, -0.05) is 54.6 Å². The summed E-state index contributed by atoms with van der Waals surface area (Å²) in [7, 11) is -4.58. The van der Waals surface area contributed by atoms with Gasteiger partial charge in [-0.15, -0.1) is 0 Å². The average Bonchev–Trinajstić information content (AvgIpc) is 2.80. The molecule has 0 aromatic heterocycles. The summed E-state index contributed by atoms with van der Waals surface area (Å²) in [5.41, 5.74) is -0.864. The zero-order valence-electron chi connectivity index (χ0n) is 16.3. The second kappa shape index (κ2) is 8.08. The number of carbonyl (C=O) groups is 2. The Morgan fingerprint density at radius 1 is 0.719 bits per heavy atom. The highest BCUT2D eigenvalue weighted by molar-refractivity contribution is 7.89. The Kier molecular flexibility index (Phi) is 5.29. The summed E-state index contributed by atoms with van der Waals surface area (Å²) in [6, 6.07) is 19.2. The fraction of sp³-hybridized carbons (Fsp3) is 0. The van der Waals surface area contributed by atoms with Crippen LogP contribution in [0.1, 0.15) is 20.7 Å². The van der Waals surface area contributed by atoms with Gasteiger partial charge in [0.25, 0.3) is 15.7 Å². The van der Waals surface area contributed by atoms with Crippen LogP contribution in [0.2, 0.25) is 0 Å². The Morgan fingerprint density at radius 3 is 1.88 bits per heavy atom. The lowest BCUT2D eigenvalue weighted by Gasteiger charge is -2.22. The molecular weight excluding hydrogens is 434 g/mol. The molecule has 0 amide bonds. The first kappa shape index (κ1) is 20.9. The molecule has 32 heavy (non-hydrogen) atoms. The number of nitrogens with one attached hydrogen (secondary N) is 2. The van der Waals surface area contributed by atoms with Crippen molar-refractivity contribution in [2.24, 2.45) is 0 Å². The number of nitrogens with zero attached hydrogens (tertiary/aromatic N) is 1. The van der Waals surface area contributed by atoms with Crippen LogP contribution in [0.4, 0.5) is 11.4 Å². The first-order valence-electron chi connectivity index (χ1n) is 9.30. The molecule has 9 nitrogen and oxygen atoms in total. The molecule has 10 heteroatoms. The number of benzene rings is 3. The average molecular weight is 449 g/mol. The third kappa shape index (κ3) is 3.74. The number of Topliss-reactive ketones (excluding diaryl/α,β-unsaturated/α-hetero) is 2. The van der Waals surface area contributed by atoms with E-state index in [9.17, 15) is 28.1 Å². The van der Waals surface area contributed by atoms with Gasteiger partial charge in [0.15, 0.2) is 4.90 Å². The summed E-state index contributed by atoms with van der Waals surface area (Å²) in [6.07, 6.45) is 0. The number of para-hydroxylation sites is 2. The van der Waals surface area contributed by atoms with Crippen molar-refractivity contribution >= 4 is 33.0 Å². The molecule has 0 fully saturated rings. The van der Waals surface area contributed by atoms with E-state index < -0.39 is 42.8 Å². The van der Waals surface area contributed by atoms with Crippen LogP contribution in [-0.2, 0) is 10.0 Å². The van der Waals surface area contributed by atoms with Gasteiger partial charge in [0, 0.05) is 22.9 Å². The van der Waals surface area contributed by atoms with Crippen LogP contribution in [0, 0.1) is 10.1 Å². The number of hydrogen-bond donors (Lipinski definition) is 2. The largest absolute Gasteiger partial charge is 0.350 e. The Bertz CT molecular complexity index is 1400. The van der Waals surface area contributed by atoms with E-state index >= 15 is 0 Å². The van der Waals surface area contributed by atoms with Gasteiger partial charge in [-0.25, -0.2) is 8.42 Å². The van der Waals surface area contributed by atoms with E-state index in [-0.39, 0.29) is 16.8 Å². The zero-order chi connectivity index (χ0) is 22.9. The van der Waals surface area contributed by atoms with Gasteiger partial charge < -0.3 is 5.32 Å². The number of nitro benzene ring substituents is 1. The fourth-order valence-corrected chi connectivity index (χ4v) is 4.53. The molecule has 3 aromatic carbocycles. The molecule has 0 saturated heterocycles. The molecule has 0 unspecified atom stereocenters. The van der Waals surface area contributed by atoms with Crippen molar-refractivity contribution in [2.45, 2.75) is 4.90 Å². The van der Waals surface area contributed by atoms with E-state index in [1.54, 1.807) is 42.5 Å². The maximum absolute atomic E-state index is 13.2. The summed E-state index contributed by atoms with van der Waals surface area (Å²) in [5.74, 6) is -1.33. The number of sulfonamides is 1. The lowest BCUT2D eigenvalue weighted by molar-refractivity contribution is -0.387. The normalized spacial score (nSPS) is 13.5. The van der Waals surface area contributed by atoms with Gasteiger partial charge in [0.05, 0.1) is 4.92 Å². The lowest BCUT2D eigenvalue weighted by atomic mass is 9.90. The highest BCUT2D eigenvalue weighted by Crippen LogP contribution is 2.29. The van der Waals surface area contributed by atoms with E-state index in [1.165, 1.54) is 24.3 Å². The molecule has 0 atom stereocenters. The minimum atomic E-state index is -4.58. The highest BCUT2D eigenvalue weighted by Gasteiger charge is 2.36. The highest BCUT2D eigenvalue weighted by atomic mass is 32.2. The molecule has 0 bridgehead atoms. The number of rotatable bonds is 6. The minimum Gasteiger partial charge on any atom is -0.350 e. The number of allylic oxidation sites excluding steroid dienone is 2. The maximum Gasteiger partial charge on any atom is 0.289 e. The van der Waals surface area contributed by atoms with Gasteiger partial charge in [-0.2, -0.15) is 0 Å². The van der Waals surface area contributed by atoms with Gasteiger partial charge in [0.1, 0.15) is 11.4 Å². The molecule has 1 aliphatic rings. The van der Waals surface area contributed by atoms with Crippen LogP contribution in [0.5, 0.6) is 0 Å². The molecule has 0 aliphatic heterocycles. The summed E-state index contributed by atoms with van der Waals surface area (Å²) in [5, 5.41) is 14.1. The van der Waals surface area contributed by atoms with Gasteiger partial charge in [0.2, 0.25) is 11.6 Å². The predicted octanol–water partition coefficient (Wildman–Crippen LogP) is 3.28. The van der Waals surface area contributed by atoms with E-state index in [1.807, 2.05) is 0 Å². The van der Waals surface area contributed by atoms with Crippen LogP contribution in [-0.4, -0.2) is 24.9 Å². The summed E-state index contributed by atoms with van der Waals surface area (Å²) in [4.78, 5) is 36.2. The molecule has 2 N–H and O–H groups in total. The molecule has 160 valence electrons. The molecule has 4 rings (SSSR count). The molecule has 1 aliphatic carbocycles. The van der Waals surface area contributed by atoms with Gasteiger partial charge in [-0.05, 0) is 18.2 Å². The first-order valence-corrected chi connectivity index (χ1v) is 10.8. The lowest BCUT2D eigenvalue weighted by Crippen LogP contribution is -2.36. The SMILES string of the molecule is O=C1C(Nc2ccccc2)=C(NS(=O)(=O)c2ccccc2[N+](=O)[O-])C(=O)c2ccccc21. The molecule has 0 radical (unpaired) electrons. The number of carbonyl (C=O) groups excluding carboxylic acids is 2. The first-order chi connectivity index (χ1) is 15.3. The van der Waals surface area contributed by atoms with Gasteiger partial charge >= 0.3 is 0 Å². The summed E-state index contributed by atoms with van der Waals surface area (Å²) < 4.78 is 28.2. The number of nitro groups is 1. The van der Waals surface area contributed by atoms with Crippen molar-refractivity contribution in [3.05, 3.63) is 111 Å². The number of ketones is 2. The number of fused-ring (bicyclic) bond motifs is 1. The molecule has 0 saturated carbocycles. The van der Waals surface area contributed by atoms with Gasteiger partial charge in [-0.3, -0.25) is 24.4 Å². The van der Waals surface area contributed by atoms with Crippen LogP contribution in [0.15, 0.2) is 95.2 Å². The van der Waals surface area contributed by atoms with Crippen LogP contribution in [0.3, 0.4) is 0 Å². The second-order valence-corrected chi connectivity index (χ2v) is 8.43. The van der Waals surface area contributed by atoms with E-state index in [0.717, 1.165) is 12.1 Å². The minimum absolute atomic E-state index is 0.0244. The van der Waals surface area contributed by atoms with E-state index in [4.69, 9.17) is 0 Å². The van der Waals surface area contributed by atoms with Crippen LogP contribution in [0.25, 0.3) is 0 Å². The van der Waals surface area contributed by atoms with Crippen molar-refractivity contribution in [1.29, 1.82) is 0 Å². The quantitative estimate of drug-likeness (QED) is 0.435. The standard InChI is InChI=1S/C22H15N3O6S/c26-21-15-10-4-5-11-16(15)22(27)20(19(21)23-14-8-2-1-3-9-14)24-32(30,31)18-13-7-6-12-17(18)25(28)29/h1-13,23-24H. The van der Waals surface area contributed by atoms with Crippen LogP contribution >= 0.6 is 0 Å². The van der Waals surface area contributed by atoms with E-state index in [0.29, 0.717) is 5.69 Å². The van der Waals surface area contributed by atoms with Crippen molar-refractivity contribution < 1.29 is 22.9 Å². The third-order valence-corrected chi connectivity index (χ3v) is 6.15. The van der Waals surface area contributed by atoms with Crippen molar-refractivity contribution in [3.63, 3.8) is 0 Å². The van der Waals surface area contributed by atoms with Crippen molar-refractivity contribution in [2.75, 3.05) is 5.32 Å². The molecule has 3 aromatic rings. The van der Waals surface area contributed by atoms with Crippen molar-refractivity contribution in [3.8, 4) is 0 Å². The second-order valence-electron chi connectivity index (χ2n) is 6.78. The monoisotopic (exact) mass is 449 g/mol. The smallest absolute Gasteiger partial charge is 0.289 e. The topological polar surface area (TPSA) is 135 Å². The Balaban J connectivity index is 1.86. The molecule has 0 heterocycles. The molecule has 0 spiro atoms. The van der Waals surface area contributed by atoms with Crippen molar-refractivity contribution in [1.82, 2.24) is 4.72 Å². The summed E-state index contributed by atoms with van der Waals surface area (Å²) >= 11 is 0.